The Morgan fingerprint density at radius 2 is 2.25 bits per heavy atom. The summed E-state index contributed by atoms with van der Waals surface area (Å²) in [6.45, 7) is 1.41. The van der Waals surface area contributed by atoms with E-state index in [1.54, 1.807) is 6.92 Å². The van der Waals surface area contributed by atoms with Crippen molar-refractivity contribution in [2.45, 2.75) is 38.1 Å². The number of alkyl halides is 3. The number of aliphatic hydroxyl groups excluding tert-OH is 1. The van der Waals surface area contributed by atoms with E-state index < -0.39 is 37.1 Å². The van der Waals surface area contributed by atoms with E-state index in [1.807, 2.05) is 0 Å². The Morgan fingerprint density at radius 3 is 2.70 bits per heavy atom. The standard InChI is InChI=1S/C11H16F3N3O2S/c1-6-5-16-10(20-6)9(19)7(17-8(18)4-15)2-3-11(12,13)14/h5,7,9,19H,2-4,15H2,1H3,(H,17,18). The van der Waals surface area contributed by atoms with Crippen LogP contribution in [-0.4, -0.2) is 34.8 Å². The normalized spacial score (nSPS) is 14.9. The second-order valence-corrected chi connectivity index (χ2v) is 5.55. The summed E-state index contributed by atoms with van der Waals surface area (Å²) in [6, 6.07) is -1.07. The van der Waals surface area contributed by atoms with Crippen molar-refractivity contribution < 1.29 is 23.1 Å². The van der Waals surface area contributed by atoms with Gasteiger partial charge in [-0.2, -0.15) is 13.2 Å². The van der Waals surface area contributed by atoms with Gasteiger partial charge in [-0.15, -0.1) is 11.3 Å². The maximum atomic E-state index is 12.3. The van der Waals surface area contributed by atoms with Gasteiger partial charge < -0.3 is 16.2 Å². The first-order valence-corrected chi connectivity index (χ1v) is 6.71. The number of halogens is 3. The predicted molar refractivity (Wildman–Crippen MR) is 68.1 cm³/mol. The molecule has 0 radical (unpaired) electrons. The Morgan fingerprint density at radius 1 is 1.60 bits per heavy atom. The first-order chi connectivity index (χ1) is 9.23. The van der Waals surface area contributed by atoms with E-state index >= 15 is 0 Å². The Labute approximate surface area is 118 Å². The van der Waals surface area contributed by atoms with Crippen molar-refractivity contribution in [3.8, 4) is 0 Å². The summed E-state index contributed by atoms with van der Waals surface area (Å²) in [7, 11) is 0. The average Bonchev–Trinajstić information content (AvgIpc) is 2.78. The number of rotatable bonds is 6. The van der Waals surface area contributed by atoms with Gasteiger partial charge >= 0.3 is 6.18 Å². The highest BCUT2D eigenvalue weighted by atomic mass is 32.1. The van der Waals surface area contributed by atoms with Crippen molar-refractivity contribution in [2.24, 2.45) is 5.73 Å². The maximum absolute atomic E-state index is 12.3. The molecule has 1 heterocycles. The topological polar surface area (TPSA) is 88.2 Å². The van der Waals surface area contributed by atoms with E-state index in [9.17, 15) is 23.1 Å². The lowest BCUT2D eigenvalue weighted by atomic mass is 10.1. The summed E-state index contributed by atoms with van der Waals surface area (Å²) in [6.07, 6.45) is -5.68. The van der Waals surface area contributed by atoms with Gasteiger partial charge in [-0.05, 0) is 13.3 Å². The zero-order valence-electron chi connectivity index (χ0n) is 10.8. The number of thiazole rings is 1. The lowest BCUT2D eigenvalue weighted by Gasteiger charge is -2.23. The molecule has 20 heavy (non-hydrogen) atoms. The summed E-state index contributed by atoms with van der Waals surface area (Å²) in [4.78, 5) is 16.0. The van der Waals surface area contributed by atoms with Crippen molar-refractivity contribution in [2.75, 3.05) is 6.54 Å². The largest absolute Gasteiger partial charge is 0.389 e. The van der Waals surface area contributed by atoms with Gasteiger partial charge in [0.05, 0.1) is 12.6 Å². The Kier molecular flexibility index (Phi) is 5.90. The second-order valence-electron chi connectivity index (χ2n) is 4.29. The molecule has 0 bridgehead atoms. The van der Waals surface area contributed by atoms with Crippen molar-refractivity contribution in [3.05, 3.63) is 16.1 Å². The molecular weight excluding hydrogens is 295 g/mol. The third-order valence-electron chi connectivity index (χ3n) is 2.54. The number of nitrogens with two attached hydrogens (primary N) is 1. The predicted octanol–water partition coefficient (Wildman–Crippen LogP) is 1.27. The van der Waals surface area contributed by atoms with Crippen molar-refractivity contribution >= 4 is 17.2 Å². The van der Waals surface area contributed by atoms with Crippen LogP contribution in [0.3, 0.4) is 0 Å². The summed E-state index contributed by atoms with van der Waals surface area (Å²) in [5.41, 5.74) is 5.12. The highest BCUT2D eigenvalue weighted by Crippen LogP contribution is 2.28. The number of aryl methyl sites for hydroxylation is 1. The molecule has 1 amide bonds. The number of nitrogens with one attached hydrogen (secondary N) is 1. The van der Waals surface area contributed by atoms with Crippen LogP contribution in [0.4, 0.5) is 13.2 Å². The van der Waals surface area contributed by atoms with Crippen molar-refractivity contribution in [3.63, 3.8) is 0 Å². The van der Waals surface area contributed by atoms with Crippen LogP contribution < -0.4 is 11.1 Å². The molecule has 1 aromatic rings. The molecule has 5 nitrogen and oxygen atoms in total. The number of hydrogen-bond donors (Lipinski definition) is 3. The molecule has 9 heteroatoms. The molecule has 2 unspecified atom stereocenters. The van der Waals surface area contributed by atoms with E-state index in [-0.39, 0.29) is 11.6 Å². The van der Waals surface area contributed by atoms with Crippen LogP contribution in [0, 0.1) is 6.92 Å². The maximum Gasteiger partial charge on any atom is 0.389 e. The monoisotopic (exact) mass is 311 g/mol. The van der Waals surface area contributed by atoms with Gasteiger partial charge in [0.15, 0.2) is 0 Å². The van der Waals surface area contributed by atoms with Crippen LogP contribution in [-0.2, 0) is 4.79 Å². The molecule has 114 valence electrons. The number of aromatic nitrogens is 1. The average molecular weight is 311 g/mol. The van der Waals surface area contributed by atoms with E-state index in [0.29, 0.717) is 0 Å². The van der Waals surface area contributed by atoms with Gasteiger partial charge in [0.25, 0.3) is 0 Å². The minimum Gasteiger partial charge on any atom is -0.384 e. The van der Waals surface area contributed by atoms with Crippen LogP contribution in [0.15, 0.2) is 6.20 Å². The molecule has 0 aromatic carbocycles. The number of amides is 1. The van der Waals surface area contributed by atoms with Crippen LogP contribution >= 0.6 is 11.3 Å². The molecule has 0 spiro atoms. The molecular formula is C11H16F3N3O2S. The molecule has 0 saturated heterocycles. The van der Waals surface area contributed by atoms with Gasteiger partial charge in [-0.1, -0.05) is 0 Å². The van der Waals surface area contributed by atoms with E-state index in [2.05, 4.69) is 10.3 Å². The zero-order chi connectivity index (χ0) is 15.3. The molecule has 0 aliphatic carbocycles. The highest BCUT2D eigenvalue weighted by molar-refractivity contribution is 7.11. The Hall–Kier alpha value is -1.19. The lowest BCUT2D eigenvalue weighted by molar-refractivity contribution is -0.139. The number of carbonyl (C=O) groups excluding carboxylic acids is 1. The van der Waals surface area contributed by atoms with Gasteiger partial charge in [0.2, 0.25) is 5.91 Å². The van der Waals surface area contributed by atoms with Crippen LogP contribution in [0.2, 0.25) is 0 Å². The molecule has 0 fully saturated rings. The van der Waals surface area contributed by atoms with E-state index in [0.717, 1.165) is 4.88 Å². The van der Waals surface area contributed by atoms with Crippen molar-refractivity contribution in [1.29, 1.82) is 0 Å². The molecule has 0 aliphatic heterocycles. The summed E-state index contributed by atoms with van der Waals surface area (Å²) < 4.78 is 36.8. The fourth-order valence-corrected chi connectivity index (χ4v) is 2.40. The molecule has 1 aromatic heterocycles. The molecule has 4 N–H and O–H groups in total. The SMILES string of the molecule is Cc1cnc(C(O)C(CCC(F)(F)F)NC(=O)CN)s1. The van der Waals surface area contributed by atoms with E-state index in [4.69, 9.17) is 5.73 Å². The number of carbonyl (C=O) groups is 1. The third kappa shape index (κ3) is 5.43. The van der Waals surface area contributed by atoms with Gasteiger partial charge in [-0.3, -0.25) is 4.79 Å². The smallest absolute Gasteiger partial charge is 0.384 e. The zero-order valence-corrected chi connectivity index (χ0v) is 11.6. The number of hydrogen-bond acceptors (Lipinski definition) is 5. The van der Waals surface area contributed by atoms with Crippen LogP contribution in [0.25, 0.3) is 0 Å². The van der Waals surface area contributed by atoms with Gasteiger partial charge in [0, 0.05) is 17.5 Å². The Bertz CT molecular complexity index is 450. The summed E-state index contributed by atoms with van der Waals surface area (Å²) in [5, 5.41) is 12.6. The van der Waals surface area contributed by atoms with Crippen LogP contribution in [0.1, 0.15) is 28.8 Å². The highest BCUT2D eigenvalue weighted by Gasteiger charge is 2.32. The fourth-order valence-electron chi connectivity index (χ4n) is 1.57. The van der Waals surface area contributed by atoms with E-state index in [1.165, 1.54) is 17.5 Å². The summed E-state index contributed by atoms with van der Waals surface area (Å²) in [5.74, 6) is -0.621. The summed E-state index contributed by atoms with van der Waals surface area (Å²) >= 11 is 1.17. The fraction of sp³-hybridized carbons (Fsp3) is 0.636. The molecule has 0 aliphatic rings. The van der Waals surface area contributed by atoms with Gasteiger partial charge in [-0.25, -0.2) is 4.98 Å². The quantitative estimate of drug-likeness (QED) is 0.738. The van der Waals surface area contributed by atoms with Crippen molar-refractivity contribution in [1.82, 2.24) is 10.3 Å². The third-order valence-corrected chi connectivity index (χ3v) is 3.53. The van der Waals surface area contributed by atoms with Crippen LogP contribution in [0.5, 0.6) is 0 Å². The lowest BCUT2D eigenvalue weighted by Crippen LogP contribution is -2.42. The first kappa shape index (κ1) is 16.9. The molecule has 2 atom stereocenters. The molecule has 0 saturated carbocycles. The van der Waals surface area contributed by atoms with Gasteiger partial charge in [0.1, 0.15) is 11.1 Å². The molecule has 1 rings (SSSR count). The first-order valence-electron chi connectivity index (χ1n) is 5.89. The second kappa shape index (κ2) is 7.00. The number of aliphatic hydroxyl groups is 1. The Balaban J connectivity index is 2.77. The minimum absolute atomic E-state index is 0.270. The number of nitrogens with zero attached hydrogens (tertiary/aromatic N) is 1. The minimum atomic E-state index is -4.36.